The first-order valence-corrected chi connectivity index (χ1v) is 11.3. The first kappa shape index (κ1) is 22.6. The SMILES string of the molecule is Cc1ccccc1C(=O)NCCC(=O)NCC(c1ccccc1Cl)c1c[nH]c2ccccc12. The molecule has 0 aliphatic heterocycles. The summed E-state index contributed by atoms with van der Waals surface area (Å²) in [7, 11) is 0. The van der Waals surface area contributed by atoms with Crippen molar-refractivity contribution in [3.8, 4) is 0 Å². The van der Waals surface area contributed by atoms with Crippen LogP contribution in [0.5, 0.6) is 0 Å². The van der Waals surface area contributed by atoms with Gasteiger partial charge in [0, 0.05) is 53.1 Å². The molecule has 4 aromatic rings. The van der Waals surface area contributed by atoms with Gasteiger partial charge in [0.25, 0.3) is 5.91 Å². The summed E-state index contributed by atoms with van der Waals surface area (Å²) in [6.45, 7) is 2.56. The highest BCUT2D eigenvalue weighted by Crippen LogP contribution is 2.34. The van der Waals surface area contributed by atoms with E-state index in [9.17, 15) is 9.59 Å². The molecule has 0 saturated heterocycles. The van der Waals surface area contributed by atoms with Crippen LogP contribution in [0.1, 0.15) is 39.4 Å². The number of rotatable bonds is 8. The summed E-state index contributed by atoms with van der Waals surface area (Å²) in [5.74, 6) is -0.411. The Labute approximate surface area is 198 Å². The maximum Gasteiger partial charge on any atom is 0.251 e. The number of amides is 2. The van der Waals surface area contributed by atoms with Crippen molar-refractivity contribution in [3.05, 3.63) is 106 Å². The summed E-state index contributed by atoms with van der Waals surface area (Å²) in [5, 5.41) is 7.61. The number of aryl methyl sites for hydroxylation is 1. The lowest BCUT2D eigenvalue weighted by Gasteiger charge is -2.19. The normalized spacial score (nSPS) is 11.8. The van der Waals surface area contributed by atoms with Crippen molar-refractivity contribution < 1.29 is 9.59 Å². The number of aromatic amines is 1. The highest BCUT2D eigenvalue weighted by molar-refractivity contribution is 6.31. The second kappa shape index (κ2) is 10.4. The summed E-state index contributed by atoms with van der Waals surface area (Å²) in [4.78, 5) is 28.2. The number of hydrogen-bond donors (Lipinski definition) is 3. The van der Waals surface area contributed by atoms with E-state index in [0.29, 0.717) is 17.1 Å². The van der Waals surface area contributed by atoms with Crippen LogP contribution in [0.25, 0.3) is 10.9 Å². The summed E-state index contributed by atoms with van der Waals surface area (Å²) >= 11 is 6.52. The number of carbonyl (C=O) groups excluding carboxylic acids is 2. The molecule has 1 unspecified atom stereocenters. The van der Waals surface area contributed by atoms with Gasteiger partial charge in [-0.25, -0.2) is 0 Å². The number of carbonyl (C=O) groups is 2. The third kappa shape index (κ3) is 5.26. The Hall–Kier alpha value is -3.57. The molecule has 1 atom stereocenters. The van der Waals surface area contributed by atoms with Crippen LogP contribution in [0.3, 0.4) is 0 Å². The number of H-pyrrole nitrogens is 1. The fourth-order valence-electron chi connectivity index (χ4n) is 4.04. The van der Waals surface area contributed by atoms with Gasteiger partial charge >= 0.3 is 0 Å². The smallest absolute Gasteiger partial charge is 0.251 e. The Morgan fingerprint density at radius 1 is 0.909 bits per heavy atom. The van der Waals surface area contributed by atoms with Crippen LogP contribution in [0.15, 0.2) is 79.0 Å². The van der Waals surface area contributed by atoms with Gasteiger partial charge < -0.3 is 15.6 Å². The van der Waals surface area contributed by atoms with E-state index < -0.39 is 0 Å². The molecule has 168 valence electrons. The molecule has 0 saturated carbocycles. The largest absolute Gasteiger partial charge is 0.361 e. The minimum absolute atomic E-state index is 0.111. The van der Waals surface area contributed by atoms with Gasteiger partial charge in [-0.05, 0) is 41.8 Å². The molecule has 0 fully saturated rings. The number of hydrogen-bond acceptors (Lipinski definition) is 2. The lowest BCUT2D eigenvalue weighted by molar-refractivity contribution is -0.120. The van der Waals surface area contributed by atoms with E-state index in [-0.39, 0.29) is 30.7 Å². The van der Waals surface area contributed by atoms with Crippen molar-refractivity contribution in [2.45, 2.75) is 19.3 Å². The molecule has 0 spiro atoms. The van der Waals surface area contributed by atoms with Crippen LogP contribution in [-0.4, -0.2) is 29.9 Å². The Balaban J connectivity index is 1.42. The van der Waals surface area contributed by atoms with Gasteiger partial charge in [0.2, 0.25) is 5.91 Å². The van der Waals surface area contributed by atoms with E-state index in [1.807, 2.05) is 73.8 Å². The molecule has 3 N–H and O–H groups in total. The number of fused-ring (bicyclic) bond motifs is 1. The van der Waals surface area contributed by atoms with Crippen LogP contribution >= 0.6 is 11.6 Å². The maximum atomic E-state index is 12.6. The molecule has 4 rings (SSSR count). The molecule has 2 amide bonds. The first-order chi connectivity index (χ1) is 16.0. The third-order valence-electron chi connectivity index (χ3n) is 5.81. The predicted octanol–water partition coefficient (Wildman–Crippen LogP) is 5.20. The van der Waals surface area contributed by atoms with Gasteiger partial charge in [-0.1, -0.05) is 66.2 Å². The zero-order valence-corrected chi connectivity index (χ0v) is 19.2. The number of nitrogens with one attached hydrogen (secondary N) is 3. The standard InChI is InChI=1S/C27H26ClN3O2/c1-18-8-2-3-9-19(18)27(33)29-15-14-26(32)31-17-22(20-10-4-6-12-24(20)28)23-16-30-25-13-7-5-11-21(23)25/h2-13,16,22,30H,14-15,17H2,1H3,(H,29,33)(H,31,32). The number of aromatic nitrogens is 1. The van der Waals surface area contributed by atoms with Crippen molar-refractivity contribution in [2.24, 2.45) is 0 Å². The second-order valence-corrected chi connectivity index (χ2v) is 8.40. The van der Waals surface area contributed by atoms with E-state index in [4.69, 9.17) is 11.6 Å². The van der Waals surface area contributed by atoms with Gasteiger partial charge in [-0.15, -0.1) is 0 Å². The molecule has 3 aromatic carbocycles. The molecule has 1 aromatic heterocycles. The Kier molecular flexibility index (Phi) is 7.10. The predicted molar refractivity (Wildman–Crippen MR) is 133 cm³/mol. The molecule has 1 heterocycles. The van der Waals surface area contributed by atoms with Crippen LogP contribution in [0.2, 0.25) is 5.02 Å². The molecular weight excluding hydrogens is 434 g/mol. The average Bonchev–Trinajstić information content (AvgIpc) is 3.24. The Morgan fingerprint density at radius 2 is 1.64 bits per heavy atom. The van der Waals surface area contributed by atoms with Gasteiger partial charge in [0.1, 0.15) is 0 Å². The first-order valence-electron chi connectivity index (χ1n) is 11.0. The van der Waals surface area contributed by atoms with Crippen molar-refractivity contribution >= 4 is 34.3 Å². The van der Waals surface area contributed by atoms with Crippen molar-refractivity contribution in [1.29, 1.82) is 0 Å². The molecule has 5 nitrogen and oxygen atoms in total. The Morgan fingerprint density at radius 3 is 2.45 bits per heavy atom. The van der Waals surface area contributed by atoms with E-state index in [1.165, 1.54) is 0 Å². The van der Waals surface area contributed by atoms with Crippen molar-refractivity contribution in [3.63, 3.8) is 0 Å². The van der Waals surface area contributed by atoms with Crippen LogP contribution < -0.4 is 10.6 Å². The third-order valence-corrected chi connectivity index (χ3v) is 6.15. The maximum absolute atomic E-state index is 12.6. The summed E-state index contributed by atoms with van der Waals surface area (Å²) < 4.78 is 0. The molecule has 0 aliphatic carbocycles. The molecule has 0 radical (unpaired) electrons. The van der Waals surface area contributed by atoms with Crippen molar-refractivity contribution in [2.75, 3.05) is 13.1 Å². The fourth-order valence-corrected chi connectivity index (χ4v) is 4.31. The van der Waals surface area contributed by atoms with Gasteiger partial charge in [0.15, 0.2) is 0 Å². The lowest BCUT2D eigenvalue weighted by atomic mass is 9.90. The van der Waals surface area contributed by atoms with Gasteiger partial charge in [-0.3, -0.25) is 9.59 Å². The number of para-hydroxylation sites is 1. The molecule has 6 heteroatoms. The number of benzene rings is 3. The zero-order valence-electron chi connectivity index (χ0n) is 18.4. The van der Waals surface area contributed by atoms with Crippen LogP contribution in [0.4, 0.5) is 0 Å². The fraction of sp³-hybridized carbons (Fsp3) is 0.185. The zero-order chi connectivity index (χ0) is 23.2. The highest BCUT2D eigenvalue weighted by atomic mass is 35.5. The molecular formula is C27H26ClN3O2. The Bertz CT molecular complexity index is 1280. The summed E-state index contributed by atoms with van der Waals surface area (Å²) in [5.41, 5.74) is 4.59. The molecule has 0 bridgehead atoms. The van der Waals surface area contributed by atoms with E-state index in [2.05, 4.69) is 21.7 Å². The molecule has 33 heavy (non-hydrogen) atoms. The second-order valence-electron chi connectivity index (χ2n) is 7.99. The van der Waals surface area contributed by atoms with Gasteiger partial charge in [0.05, 0.1) is 0 Å². The summed E-state index contributed by atoms with van der Waals surface area (Å²) in [6.07, 6.45) is 2.17. The molecule has 0 aliphatic rings. The highest BCUT2D eigenvalue weighted by Gasteiger charge is 2.21. The monoisotopic (exact) mass is 459 g/mol. The van der Waals surface area contributed by atoms with E-state index in [0.717, 1.165) is 27.6 Å². The minimum Gasteiger partial charge on any atom is -0.361 e. The minimum atomic E-state index is -0.173. The van der Waals surface area contributed by atoms with E-state index in [1.54, 1.807) is 6.07 Å². The van der Waals surface area contributed by atoms with E-state index >= 15 is 0 Å². The topological polar surface area (TPSA) is 74.0 Å². The quantitative estimate of drug-likeness (QED) is 0.339. The van der Waals surface area contributed by atoms with Gasteiger partial charge in [-0.2, -0.15) is 0 Å². The number of halogens is 1. The van der Waals surface area contributed by atoms with Crippen LogP contribution in [-0.2, 0) is 4.79 Å². The van der Waals surface area contributed by atoms with Crippen molar-refractivity contribution in [1.82, 2.24) is 15.6 Å². The average molecular weight is 460 g/mol. The van der Waals surface area contributed by atoms with Crippen LogP contribution in [0, 0.1) is 6.92 Å². The lowest BCUT2D eigenvalue weighted by Crippen LogP contribution is -2.33. The summed E-state index contributed by atoms with van der Waals surface area (Å²) in [6, 6.07) is 23.2.